The van der Waals surface area contributed by atoms with E-state index in [0.717, 1.165) is 38.3 Å². The highest BCUT2D eigenvalue weighted by molar-refractivity contribution is 7.72. The van der Waals surface area contributed by atoms with Crippen molar-refractivity contribution in [3.8, 4) is 11.5 Å². The predicted octanol–water partition coefficient (Wildman–Crippen LogP) is 6.04. The molecule has 0 amide bonds. The molecule has 5 aromatic carbocycles. The van der Waals surface area contributed by atoms with Gasteiger partial charge in [-0.15, -0.1) is 0 Å². The van der Waals surface area contributed by atoms with Gasteiger partial charge in [0, 0.05) is 27.5 Å². The fourth-order valence-electron chi connectivity index (χ4n) is 3.99. The Morgan fingerprint density at radius 2 is 0.967 bits per heavy atom. The van der Waals surface area contributed by atoms with Crippen molar-refractivity contribution in [2.24, 2.45) is 0 Å². The smallest absolute Gasteiger partial charge is 0.131 e. The molecule has 0 radical (unpaired) electrons. The minimum atomic E-state index is -1.02. The molecule has 5 aromatic rings. The number of aromatic hydroxyl groups is 2. The van der Waals surface area contributed by atoms with Crippen LogP contribution in [0.25, 0.3) is 21.5 Å². The van der Waals surface area contributed by atoms with Crippen LogP contribution in [-0.2, 0) is 6.16 Å². The number of hydrogen-bond donors (Lipinski definition) is 2. The van der Waals surface area contributed by atoms with Crippen molar-refractivity contribution in [1.29, 1.82) is 0 Å². The van der Waals surface area contributed by atoms with E-state index in [1.807, 2.05) is 78.9 Å². The lowest BCUT2D eigenvalue weighted by molar-refractivity contribution is 0.485. The summed E-state index contributed by atoms with van der Waals surface area (Å²) in [5, 5.41) is 27.9. The monoisotopic (exact) mass is 408 g/mol. The summed E-state index contributed by atoms with van der Waals surface area (Å²) in [6.45, 7) is 0. The van der Waals surface area contributed by atoms with Gasteiger partial charge in [-0.3, -0.25) is 0 Å². The summed E-state index contributed by atoms with van der Waals surface area (Å²) < 4.78 is 0. The Morgan fingerprint density at radius 3 is 1.50 bits per heavy atom. The van der Waals surface area contributed by atoms with Gasteiger partial charge in [-0.1, -0.05) is 91.0 Å². The maximum absolute atomic E-state index is 11.2. The van der Waals surface area contributed by atoms with Gasteiger partial charge in [-0.25, -0.2) is 0 Å². The van der Waals surface area contributed by atoms with Crippen LogP contribution < -0.4 is 10.6 Å². The molecule has 3 heteroatoms. The van der Waals surface area contributed by atoms with Gasteiger partial charge in [-0.05, 0) is 36.4 Å². The standard InChI is InChI=1S/C27H21O2P/c28-26-22-12-6-4-10-20(22)14-16-24(26)30(18-19-8-2-1-3-9-19)25-17-15-21-11-5-7-13-23(21)27(25)29/h1-17,28-29H,18H2. The summed E-state index contributed by atoms with van der Waals surface area (Å²) in [5.74, 6) is 0.616. The van der Waals surface area contributed by atoms with E-state index in [1.54, 1.807) is 0 Å². The van der Waals surface area contributed by atoms with Crippen LogP contribution in [0.1, 0.15) is 5.56 Å². The number of rotatable bonds is 4. The van der Waals surface area contributed by atoms with Gasteiger partial charge in [0.05, 0.1) is 0 Å². The van der Waals surface area contributed by atoms with Crippen LogP contribution in [0.3, 0.4) is 0 Å². The molecular weight excluding hydrogens is 387 g/mol. The van der Waals surface area contributed by atoms with Crippen LogP contribution in [0.5, 0.6) is 11.5 Å². The van der Waals surface area contributed by atoms with Crippen molar-refractivity contribution in [1.82, 2.24) is 0 Å². The Morgan fingerprint density at radius 1 is 0.500 bits per heavy atom. The minimum Gasteiger partial charge on any atom is -0.507 e. The van der Waals surface area contributed by atoms with Gasteiger partial charge in [0.15, 0.2) is 0 Å². The molecule has 0 fully saturated rings. The van der Waals surface area contributed by atoms with Crippen LogP contribution >= 0.6 is 7.92 Å². The van der Waals surface area contributed by atoms with Crippen molar-refractivity contribution >= 4 is 40.1 Å². The van der Waals surface area contributed by atoms with E-state index in [1.165, 1.54) is 5.56 Å². The van der Waals surface area contributed by atoms with Gasteiger partial charge >= 0.3 is 0 Å². The Labute approximate surface area is 176 Å². The maximum atomic E-state index is 11.2. The number of phenols is 2. The first-order valence-electron chi connectivity index (χ1n) is 9.95. The fourth-order valence-corrected chi connectivity index (χ4v) is 6.43. The molecule has 0 aliphatic carbocycles. The summed E-state index contributed by atoms with van der Waals surface area (Å²) in [6, 6.07) is 34.2. The fraction of sp³-hybridized carbons (Fsp3) is 0.0370. The summed E-state index contributed by atoms with van der Waals surface area (Å²) in [4.78, 5) is 0. The Bertz CT molecular complexity index is 1260. The van der Waals surface area contributed by atoms with E-state index in [2.05, 4.69) is 24.3 Å². The quantitative estimate of drug-likeness (QED) is 0.356. The highest BCUT2D eigenvalue weighted by Crippen LogP contribution is 2.45. The van der Waals surface area contributed by atoms with Crippen molar-refractivity contribution < 1.29 is 10.2 Å². The second-order valence-corrected chi connectivity index (χ2v) is 9.52. The van der Waals surface area contributed by atoms with Crippen LogP contribution in [0.15, 0.2) is 103 Å². The summed E-state index contributed by atoms with van der Waals surface area (Å²) in [5.41, 5.74) is 1.18. The third-order valence-electron chi connectivity index (χ3n) is 5.52. The number of hydrogen-bond acceptors (Lipinski definition) is 2. The minimum absolute atomic E-state index is 0.308. The second kappa shape index (κ2) is 7.82. The average molecular weight is 408 g/mol. The van der Waals surface area contributed by atoms with Crippen LogP contribution in [0.2, 0.25) is 0 Å². The topological polar surface area (TPSA) is 40.5 Å². The normalized spacial score (nSPS) is 11.4. The summed E-state index contributed by atoms with van der Waals surface area (Å²) in [7, 11) is -1.02. The molecule has 0 saturated carbocycles. The second-order valence-electron chi connectivity index (χ2n) is 7.38. The number of benzene rings is 5. The molecule has 0 aliphatic heterocycles. The Hall–Kier alpha value is -3.35. The molecule has 0 unspecified atom stereocenters. The lowest BCUT2D eigenvalue weighted by Gasteiger charge is -2.22. The van der Waals surface area contributed by atoms with Crippen molar-refractivity contribution in [2.45, 2.75) is 6.16 Å². The van der Waals surface area contributed by atoms with E-state index in [-0.39, 0.29) is 0 Å². The van der Waals surface area contributed by atoms with Crippen LogP contribution in [0, 0.1) is 0 Å². The third-order valence-corrected chi connectivity index (χ3v) is 8.09. The first-order valence-corrected chi connectivity index (χ1v) is 11.5. The molecule has 5 rings (SSSR count). The molecule has 0 aliphatic rings. The van der Waals surface area contributed by atoms with Gasteiger partial charge in [-0.2, -0.15) is 0 Å². The first-order chi connectivity index (χ1) is 14.7. The molecule has 0 bridgehead atoms. The number of fused-ring (bicyclic) bond motifs is 2. The van der Waals surface area contributed by atoms with E-state index in [4.69, 9.17) is 0 Å². The van der Waals surface area contributed by atoms with Gasteiger partial charge in [0.2, 0.25) is 0 Å². The van der Waals surface area contributed by atoms with Crippen molar-refractivity contribution in [2.75, 3.05) is 0 Å². The van der Waals surface area contributed by atoms with E-state index >= 15 is 0 Å². The Balaban J connectivity index is 1.72. The van der Waals surface area contributed by atoms with Gasteiger partial charge in [0.25, 0.3) is 0 Å². The summed E-state index contributed by atoms with van der Waals surface area (Å²) in [6.07, 6.45) is 0.744. The van der Waals surface area contributed by atoms with E-state index in [0.29, 0.717) is 11.5 Å². The molecule has 146 valence electrons. The average Bonchev–Trinajstić information content (AvgIpc) is 2.80. The highest BCUT2D eigenvalue weighted by atomic mass is 31.1. The molecule has 0 spiro atoms. The summed E-state index contributed by atoms with van der Waals surface area (Å²) >= 11 is 0. The largest absolute Gasteiger partial charge is 0.507 e. The molecule has 0 atom stereocenters. The molecule has 2 nitrogen and oxygen atoms in total. The molecular formula is C27H21O2P. The zero-order valence-corrected chi connectivity index (χ0v) is 17.3. The molecule has 2 N–H and O–H groups in total. The van der Waals surface area contributed by atoms with Gasteiger partial charge in [0.1, 0.15) is 11.5 Å². The predicted molar refractivity (Wildman–Crippen MR) is 128 cm³/mol. The maximum Gasteiger partial charge on any atom is 0.131 e. The molecule has 0 heterocycles. The SMILES string of the molecule is Oc1c(P(Cc2ccccc2)c2ccc3ccccc3c2O)ccc2ccccc12. The van der Waals surface area contributed by atoms with Crippen LogP contribution in [0.4, 0.5) is 0 Å². The van der Waals surface area contributed by atoms with E-state index < -0.39 is 7.92 Å². The first kappa shape index (κ1) is 18.7. The lowest BCUT2D eigenvalue weighted by atomic mass is 10.1. The molecule has 0 saturated heterocycles. The van der Waals surface area contributed by atoms with Crippen molar-refractivity contribution in [3.05, 3.63) is 109 Å². The zero-order chi connectivity index (χ0) is 20.5. The zero-order valence-electron chi connectivity index (χ0n) is 16.4. The third kappa shape index (κ3) is 3.30. The Kier molecular flexibility index (Phi) is 4.86. The van der Waals surface area contributed by atoms with Crippen molar-refractivity contribution in [3.63, 3.8) is 0 Å². The lowest BCUT2D eigenvalue weighted by Crippen LogP contribution is -2.15. The molecule has 30 heavy (non-hydrogen) atoms. The highest BCUT2D eigenvalue weighted by Gasteiger charge is 2.23. The molecule has 0 aromatic heterocycles. The van der Waals surface area contributed by atoms with E-state index in [9.17, 15) is 10.2 Å². The van der Waals surface area contributed by atoms with Crippen LogP contribution in [-0.4, -0.2) is 10.2 Å². The number of phenolic OH excluding ortho intramolecular Hbond substituents is 2. The van der Waals surface area contributed by atoms with Gasteiger partial charge < -0.3 is 10.2 Å².